The molecular weight excluding hydrogens is 326 g/mol. The Labute approximate surface area is 154 Å². The number of carbonyl (C=O) groups is 2. The number of hydrogen-bond donors (Lipinski definition) is 2. The highest BCUT2D eigenvalue weighted by Gasteiger charge is 2.28. The largest absolute Gasteiger partial charge is 0.338 e. The number of benzene rings is 2. The molecule has 136 valence electrons. The smallest absolute Gasteiger partial charge is 0.319 e. The monoisotopic (exact) mass is 351 g/mol. The highest BCUT2D eigenvalue weighted by Crippen LogP contribution is 2.31. The van der Waals surface area contributed by atoms with Crippen LogP contribution in [0.4, 0.5) is 16.2 Å². The third kappa shape index (κ3) is 3.72. The number of nitrogens with zero attached hydrogens (tertiary/aromatic N) is 1. The Kier molecular flexibility index (Phi) is 5.26. The van der Waals surface area contributed by atoms with Gasteiger partial charge in [-0.1, -0.05) is 39.0 Å². The SMILES string of the molecule is CCCNC(=O)Nc1ccc2c(c1)C(=O)N(c1ccc(C(C)C)cc1)C2. The fourth-order valence-corrected chi connectivity index (χ4v) is 3.04. The normalized spacial score (nSPS) is 13.1. The van der Waals surface area contributed by atoms with Crippen molar-refractivity contribution >= 4 is 23.3 Å². The minimum Gasteiger partial charge on any atom is -0.338 e. The van der Waals surface area contributed by atoms with E-state index in [0.29, 0.717) is 30.3 Å². The Bertz CT molecular complexity index is 813. The van der Waals surface area contributed by atoms with Gasteiger partial charge < -0.3 is 15.5 Å². The van der Waals surface area contributed by atoms with Crippen LogP contribution in [0, 0.1) is 0 Å². The second-order valence-electron chi connectivity index (χ2n) is 6.89. The molecular formula is C21H25N3O2. The summed E-state index contributed by atoms with van der Waals surface area (Å²) in [6.45, 7) is 7.47. The van der Waals surface area contributed by atoms with Crippen LogP contribution in [0.5, 0.6) is 0 Å². The molecule has 5 heteroatoms. The van der Waals surface area contributed by atoms with Gasteiger partial charge in [0, 0.05) is 23.5 Å². The predicted molar refractivity (Wildman–Crippen MR) is 105 cm³/mol. The fourth-order valence-electron chi connectivity index (χ4n) is 3.04. The average molecular weight is 351 g/mol. The third-order valence-electron chi connectivity index (χ3n) is 4.58. The predicted octanol–water partition coefficient (Wildman–Crippen LogP) is 4.50. The molecule has 3 amide bonds. The van der Waals surface area contributed by atoms with E-state index >= 15 is 0 Å². The summed E-state index contributed by atoms with van der Waals surface area (Å²) in [6.07, 6.45) is 0.876. The molecule has 1 aliphatic rings. The number of nitrogens with one attached hydrogen (secondary N) is 2. The summed E-state index contributed by atoms with van der Waals surface area (Å²) >= 11 is 0. The van der Waals surface area contributed by atoms with Gasteiger partial charge >= 0.3 is 6.03 Å². The maximum atomic E-state index is 12.8. The molecule has 5 nitrogen and oxygen atoms in total. The standard InChI is InChI=1S/C21H25N3O2/c1-4-11-22-21(26)23-17-8-5-16-13-24(20(25)19(16)12-17)18-9-6-15(7-10-18)14(2)3/h5-10,12,14H,4,11,13H2,1-3H3,(H2,22,23,26). The first-order valence-electron chi connectivity index (χ1n) is 9.09. The topological polar surface area (TPSA) is 61.4 Å². The van der Waals surface area contributed by atoms with Crippen molar-refractivity contribution < 1.29 is 9.59 Å². The zero-order chi connectivity index (χ0) is 18.7. The number of hydrogen-bond acceptors (Lipinski definition) is 2. The lowest BCUT2D eigenvalue weighted by Gasteiger charge is -2.16. The minimum atomic E-state index is -0.252. The number of fused-ring (bicyclic) bond motifs is 1. The number of carbonyl (C=O) groups excluding carboxylic acids is 2. The van der Waals surface area contributed by atoms with Gasteiger partial charge in [0.15, 0.2) is 0 Å². The Morgan fingerprint density at radius 1 is 1.15 bits per heavy atom. The van der Waals surface area contributed by atoms with Gasteiger partial charge in [-0.25, -0.2) is 4.79 Å². The Morgan fingerprint density at radius 2 is 1.88 bits per heavy atom. The van der Waals surface area contributed by atoms with Crippen LogP contribution in [0.1, 0.15) is 54.6 Å². The minimum absolute atomic E-state index is 0.0325. The Morgan fingerprint density at radius 3 is 2.54 bits per heavy atom. The first-order chi connectivity index (χ1) is 12.5. The van der Waals surface area contributed by atoms with E-state index in [4.69, 9.17) is 0 Å². The van der Waals surface area contributed by atoms with Gasteiger partial charge in [-0.05, 0) is 47.7 Å². The zero-order valence-corrected chi connectivity index (χ0v) is 15.5. The molecule has 1 heterocycles. The van der Waals surface area contributed by atoms with Crippen LogP contribution in [-0.4, -0.2) is 18.5 Å². The molecule has 0 bridgehead atoms. The van der Waals surface area contributed by atoms with Gasteiger partial charge in [0.2, 0.25) is 0 Å². The maximum Gasteiger partial charge on any atom is 0.319 e. The van der Waals surface area contributed by atoms with Crippen LogP contribution in [0.3, 0.4) is 0 Å². The van der Waals surface area contributed by atoms with Gasteiger partial charge in [-0.2, -0.15) is 0 Å². The first-order valence-corrected chi connectivity index (χ1v) is 9.09. The Hall–Kier alpha value is -2.82. The maximum absolute atomic E-state index is 12.8. The van der Waals surface area contributed by atoms with Crippen molar-refractivity contribution in [1.82, 2.24) is 5.32 Å². The van der Waals surface area contributed by atoms with Crippen LogP contribution >= 0.6 is 0 Å². The van der Waals surface area contributed by atoms with E-state index in [0.717, 1.165) is 17.7 Å². The lowest BCUT2D eigenvalue weighted by Crippen LogP contribution is -2.29. The van der Waals surface area contributed by atoms with Crippen molar-refractivity contribution in [3.8, 4) is 0 Å². The van der Waals surface area contributed by atoms with Crippen molar-refractivity contribution in [1.29, 1.82) is 0 Å². The molecule has 0 aromatic heterocycles. The van der Waals surface area contributed by atoms with E-state index < -0.39 is 0 Å². The molecule has 2 N–H and O–H groups in total. The van der Waals surface area contributed by atoms with E-state index in [9.17, 15) is 9.59 Å². The van der Waals surface area contributed by atoms with Gasteiger partial charge in [-0.3, -0.25) is 4.79 Å². The van der Waals surface area contributed by atoms with Crippen molar-refractivity contribution in [3.63, 3.8) is 0 Å². The molecule has 0 radical (unpaired) electrons. The lowest BCUT2D eigenvalue weighted by atomic mass is 10.0. The Balaban J connectivity index is 1.75. The highest BCUT2D eigenvalue weighted by atomic mass is 16.2. The van der Waals surface area contributed by atoms with Crippen LogP contribution < -0.4 is 15.5 Å². The first kappa shape index (κ1) is 18.0. The second-order valence-corrected chi connectivity index (χ2v) is 6.89. The summed E-state index contributed by atoms with van der Waals surface area (Å²) in [7, 11) is 0. The molecule has 2 aromatic carbocycles. The fraction of sp³-hybridized carbons (Fsp3) is 0.333. The summed E-state index contributed by atoms with van der Waals surface area (Å²) in [6, 6.07) is 13.4. The van der Waals surface area contributed by atoms with Gasteiger partial charge in [0.05, 0.1) is 6.54 Å². The quantitative estimate of drug-likeness (QED) is 0.833. The summed E-state index contributed by atoms with van der Waals surface area (Å²) in [5, 5.41) is 5.54. The summed E-state index contributed by atoms with van der Waals surface area (Å²) in [4.78, 5) is 26.4. The highest BCUT2D eigenvalue weighted by molar-refractivity contribution is 6.10. The lowest BCUT2D eigenvalue weighted by molar-refractivity contribution is 0.0996. The van der Waals surface area contributed by atoms with Crippen molar-refractivity contribution in [2.24, 2.45) is 0 Å². The van der Waals surface area contributed by atoms with E-state index in [1.165, 1.54) is 5.56 Å². The molecule has 0 spiro atoms. The summed E-state index contributed by atoms with van der Waals surface area (Å²) < 4.78 is 0. The van der Waals surface area contributed by atoms with Crippen LogP contribution in [0.2, 0.25) is 0 Å². The van der Waals surface area contributed by atoms with E-state index in [2.05, 4.69) is 36.6 Å². The summed E-state index contributed by atoms with van der Waals surface area (Å²) in [5.74, 6) is 0.429. The van der Waals surface area contributed by atoms with Crippen LogP contribution in [-0.2, 0) is 6.54 Å². The number of amides is 3. The average Bonchev–Trinajstić information content (AvgIpc) is 2.96. The molecule has 2 aromatic rings. The number of urea groups is 1. The third-order valence-corrected chi connectivity index (χ3v) is 4.58. The molecule has 0 saturated heterocycles. The van der Waals surface area contributed by atoms with Crippen molar-refractivity contribution in [2.45, 2.75) is 39.7 Å². The molecule has 0 aliphatic carbocycles. The molecule has 0 atom stereocenters. The molecule has 26 heavy (non-hydrogen) atoms. The summed E-state index contributed by atoms with van der Waals surface area (Å²) in [5.41, 5.74) is 4.39. The van der Waals surface area contributed by atoms with Crippen LogP contribution in [0.25, 0.3) is 0 Å². The number of anilines is 2. The van der Waals surface area contributed by atoms with E-state index in [1.807, 2.05) is 31.2 Å². The second kappa shape index (κ2) is 7.60. The van der Waals surface area contributed by atoms with Crippen molar-refractivity contribution in [2.75, 3.05) is 16.8 Å². The molecule has 1 aliphatic heterocycles. The molecule has 0 fully saturated rings. The number of rotatable bonds is 5. The van der Waals surface area contributed by atoms with Gasteiger partial charge in [0.1, 0.15) is 0 Å². The van der Waals surface area contributed by atoms with E-state index in [1.54, 1.807) is 11.0 Å². The van der Waals surface area contributed by atoms with Crippen LogP contribution in [0.15, 0.2) is 42.5 Å². The van der Waals surface area contributed by atoms with Gasteiger partial charge in [-0.15, -0.1) is 0 Å². The van der Waals surface area contributed by atoms with Crippen molar-refractivity contribution in [3.05, 3.63) is 59.2 Å². The van der Waals surface area contributed by atoms with E-state index in [-0.39, 0.29) is 11.9 Å². The molecule has 3 rings (SSSR count). The molecule has 0 unspecified atom stereocenters. The zero-order valence-electron chi connectivity index (χ0n) is 15.5. The van der Waals surface area contributed by atoms with Gasteiger partial charge in [0.25, 0.3) is 5.91 Å². The molecule has 0 saturated carbocycles.